The number of hydrogen-bond donors (Lipinski definition) is 1. The van der Waals surface area contributed by atoms with Crippen molar-refractivity contribution in [3.05, 3.63) is 0 Å². The van der Waals surface area contributed by atoms with Gasteiger partial charge in [0.2, 0.25) is 0 Å². The van der Waals surface area contributed by atoms with Gasteiger partial charge in [-0.05, 0) is 45.2 Å². The van der Waals surface area contributed by atoms with Crippen molar-refractivity contribution in [2.75, 3.05) is 26.7 Å². The van der Waals surface area contributed by atoms with E-state index in [2.05, 4.69) is 17.1 Å². The standard InChI is InChI=1S/C13H26N2O/c1-3-14-11-6-5-9-15(10-11)12-7-4-8-13(12)16-2/h11-14H,3-10H2,1-2H3. The quantitative estimate of drug-likeness (QED) is 0.788. The van der Waals surface area contributed by atoms with Gasteiger partial charge in [0.1, 0.15) is 0 Å². The minimum absolute atomic E-state index is 0.486. The summed E-state index contributed by atoms with van der Waals surface area (Å²) in [6.45, 7) is 5.79. The lowest BCUT2D eigenvalue weighted by molar-refractivity contribution is 0.0196. The molecular weight excluding hydrogens is 200 g/mol. The molecule has 3 nitrogen and oxygen atoms in total. The lowest BCUT2D eigenvalue weighted by Gasteiger charge is -2.39. The number of nitrogens with zero attached hydrogens (tertiary/aromatic N) is 1. The molecule has 94 valence electrons. The Labute approximate surface area is 99.5 Å². The van der Waals surface area contributed by atoms with Crippen LogP contribution in [0.25, 0.3) is 0 Å². The number of nitrogens with one attached hydrogen (secondary N) is 1. The zero-order chi connectivity index (χ0) is 11.4. The van der Waals surface area contributed by atoms with Gasteiger partial charge >= 0.3 is 0 Å². The molecule has 0 spiro atoms. The maximum atomic E-state index is 5.61. The first-order valence-corrected chi connectivity index (χ1v) is 6.85. The normalized spacial score (nSPS) is 36.8. The summed E-state index contributed by atoms with van der Waals surface area (Å²) < 4.78 is 5.61. The van der Waals surface area contributed by atoms with Crippen LogP contribution in [0.5, 0.6) is 0 Å². The molecule has 0 aromatic rings. The van der Waals surface area contributed by atoms with Crippen molar-refractivity contribution in [1.29, 1.82) is 0 Å². The number of ether oxygens (including phenoxy) is 1. The molecule has 2 aliphatic rings. The summed E-state index contributed by atoms with van der Waals surface area (Å²) in [5.41, 5.74) is 0. The molecule has 1 aliphatic carbocycles. The minimum Gasteiger partial charge on any atom is -0.380 e. The molecule has 16 heavy (non-hydrogen) atoms. The zero-order valence-corrected chi connectivity index (χ0v) is 10.7. The molecule has 3 unspecified atom stereocenters. The number of rotatable bonds is 4. The van der Waals surface area contributed by atoms with Gasteiger partial charge in [0, 0.05) is 25.7 Å². The monoisotopic (exact) mass is 226 g/mol. The molecule has 1 aliphatic heterocycles. The fourth-order valence-electron chi connectivity index (χ4n) is 3.36. The third-order valence-electron chi connectivity index (χ3n) is 4.14. The third kappa shape index (κ3) is 2.76. The summed E-state index contributed by atoms with van der Waals surface area (Å²) in [5, 5.41) is 3.59. The van der Waals surface area contributed by atoms with E-state index in [9.17, 15) is 0 Å². The van der Waals surface area contributed by atoms with Gasteiger partial charge in [0.15, 0.2) is 0 Å². The smallest absolute Gasteiger partial charge is 0.0726 e. The first-order valence-electron chi connectivity index (χ1n) is 6.85. The van der Waals surface area contributed by atoms with E-state index in [-0.39, 0.29) is 0 Å². The Kier molecular flexibility index (Phi) is 4.62. The van der Waals surface area contributed by atoms with Crippen LogP contribution in [-0.2, 0) is 4.74 Å². The van der Waals surface area contributed by atoms with Gasteiger partial charge in [-0.3, -0.25) is 4.90 Å². The average Bonchev–Trinajstić information content (AvgIpc) is 2.78. The lowest BCUT2D eigenvalue weighted by Crippen LogP contribution is -2.51. The lowest BCUT2D eigenvalue weighted by atomic mass is 10.0. The van der Waals surface area contributed by atoms with Crippen LogP contribution in [-0.4, -0.2) is 49.8 Å². The highest BCUT2D eigenvalue weighted by atomic mass is 16.5. The molecule has 2 rings (SSSR count). The molecule has 0 amide bonds. The van der Waals surface area contributed by atoms with E-state index in [0.717, 1.165) is 6.54 Å². The van der Waals surface area contributed by atoms with E-state index in [1.165, 1.54) is 45.2 Å². The molecule has 0 radical (unpaired) electrons. The summed E-state index contributed by atoms with van der Waals surface area (Å²) in [6, 6.07) is 1.39. The highest BCUT2D eigenvalue weighted by Gasteiger charge is 2.34. The Morgan fingerprint density at radius 2 is 2.12 bits per heavy atom. The van der Waals surface area contributed by atoms with Gasteiger partial charge in [0.25, 0.3) is 0 Å². The third-order valence-corrected chi connectivity index (χ3v) is 4.14. The molecule has 3 atom stereocenters. The molecule has 1 heterocycles. The second-order valence-electron chi connectivity index (χ2n) is 5.16. The molecule has 3 heteroatoms. The Balaban J connectivity index is 1.88. The van der Waals surface area contributed by atoms with Crippen LogP contribution in [0, 0.1) is 0 Å². The van der Waals surface area contributed by atoms with Crippen LogP contribution in [0.3, 0.4) is 0 Å². The highest BCUT2D eigenvalue weighted by Crippen LogP contribution is 2.28. The summed E-state index contributed by atoms with van der Waals surface area (Å²) >= 11 is 0. The highest BCUT2D eigenvalue weighted by molar-refractivity contribution is 4.90. The van der Waals surface area contributed by atoms with Crippen LogP contribution in [0.1, 0.15) is 39.0 Å². The van der Waals surface area contributed by atoms with E-state index in [1.807, 2.05) is 7.11 Å². The van der Waals surface area contributed by atoms with E-state index >= 15 is 0 Å². The van der Waals surface area contributed by atoms with Crippen molar-refractivity contribution in [3.63, 3.8) is 0 Å². The Morgan fingerprint density at radius 3 is 2.88 bits per heavy atom. The molecule has 1 saturated heterocycles. The van der Waals surface area contributed by atoms with Gasteiger partial charge in [0.05, 0.1) is 6.10 Å². The van der Waals surface area contributed by atoms with Crippen molar-refractivity contribution in [2.24, 2.45) is 0 Å². The molecule has 1 saturated carbocycles. The largest absolute Gasteiger partial charge is 0.380 e. The first-order chi connectivity index (χ1) is 7.85. The topological polar surface area (TPSA) is 24.5 Å². The van der Waals surface area contributed by atoms with Gasteiger partial charge in [-0.15, -0.1) is 0 Å². The van der Waals surface area contributed by atoms with Gasteiger partial charge < -0.3 is 10.1 Å². The van der Waals surface area contributed by atoms with E-state index < -0.39 is 0 Å². The number of hydrogen-bond acceptors (Lipinski definition) is 3. The van der Waals surface area contributed by atoms with E-state index in [0.29, 0.717) is 18.2 Å². The predicted molar refractivity (Wildman–Crippen MR) is 66.7 cm³/mol. The molecule has 2 fully saturated rings. The number of likely N-dealkylation sites (tertiary alicyclic amines) is 1. The zero-order valence-electron chi connectivity index (χ0n) is 10.7. The minimum atomic E-state index is 0.486. The van der Waals surface area contributed by atoms with Crippen molar-refractivity contribution >= 4 is 0 Å². The van der Waals surface area contributed by atoms with Gasteiger partial charge in [-0.2, -0.15) is 0 Å². The van der Waals surface area contributed by atoms with Crippen LogP contribution >= 0.6 is 0 Å². The van der Waals surface area contributed by atoms with E-state index in [1.54, 1.807) is 0 Å². The number of piperidine rings is 1. The van der Waals surface area contributed by atoms with Crippen LogP contribution in [0.4, 0.5) is 0 Å². The maximum absolute atomic E-state index is 5.61. The molecular formula is C13H26N2O. The average molecular weight is 226 g/mol. The fourth-order valence-corrected chi connectivity index (χ4v) is 3.36. The first kappa shape index (κ1) is 12.3. The van der Waals surface area contributed by atoms with Crippen molar-refractivity contribution in [3.8, 4) is 0 Å². The van der Waals surface area contributed by atoms with Crippen LogP contribution < -0.4 is 5.32 Å². The Morgan fingerprint density at radius 1 is 1.25 bits per heavy atom. The summed E-state index contributed by atoms with van der Waals surface area (Å²) in [5.74, 6) is 0. The summed E-state index contributed by atoms with van der Waals surface area (Å²) in [7, 11) is 1.87. The fraction of sp³-hybridized carbons (Fsp3) is 1.00. The number of likely N-dealkylation sites (N-methyl/N-ethyl adjacent to an activating group) is 1. The molecule has 0 aromatic heterocycles. The molecule has 0 bridgehead atoms. The maximum Gasteiger partial charge on any atom is 0.0726 e. The molecule has 0 aromatic carbocycles. The molecule has 1 N–H and O–H groups in total. The Bertz CT molecular complexity index is 208. The Hall–Kier alpha value is -0.120. The van der Waals surface area contributed by atoms with Gasteiger partial charge in [-0.1, -0.05) is 6.92 Å². The number of methoxy groups -OCH3 is 1. The van der Waals surface area contributed by atoms with Crippen molar-refractivity contribution in [2.45, 2.75) is 57.2 Å². The van der Waals surface area contributed by atoms with Crippen molar-refractivity contribution < 1.29 is 4.74 Å². The summed E-state index contributed by atoms with van der Waals surface area (Å²) in [4.78, 5) is 2.66. The van der Waals surface area contributed by atoms with Crippen molar-refractivity contribution in [1.82, 2.24) is 10.2 Å². The van der Waals surface area contributed by atoms with Gasteiger partial charge in [-0.25, -0.2) is 0 Å². The predicted octanol–water partition coefficient (Wildman–Crippen LogP) is 1.63. The SMILES string of the molecule is CCNC1CCCN(C2CCCC2OC)C1. The van der Waals surface area contributed by atoms with Crippen LogP contribution in [0.2, 0.25) is 0 Å². The second-order valence-corrected chi connectivity index (χ2v) is 5.16. The van der Waals surface area contributed by atoms with E-state index in [4.69, 9.17) is 4.74 Å². The second kappa shape index (κ2) is 5.99. The summed E-state index contributed by atoms with van der Waals surface area (Å²) in [6.07, 6.45) is 7.09. The van der Waals surface area contributed by atoms with Crippen LogP contribution in [0.15, 0.2) is 0 Å².